The van der Waals surface area contributed by atoms with Gasteiger partial charge in [0.05, 0.1) is 10.6 Å². The Morgan fingerprint density at radius 1 is 1.50 bits per heavy atom. The SMILES string of the molecule is Cc1noc(C)c1CSc1ncccc1[N+](=O)[O-]. The number of aryl methyl sites for hydroxylation is 2. The first-order valence-electron chi connectivity index (χ1n) is 5.23. The van der Waals surface area contributed by atoms with E-state index in [-0.39, 0.29) is 5.69 Å². The van der Waals surface area contributed by atoms with Crippen LogP contribution in [0.1, 0.15) is 17.0 Å². The summed E-state index contributed by atoms with van der Waals surface area (Å²) < 4.78 is 5.04. The first-order chi connectivity index (χ1) is 8.59. The Morgan fingerprint density at radius 2 is 2.28 bits per heavy atom. The summed E-state index contributed by atoms with van der Waals surface area (Å²) in [6.07, 6.45) is 1.54. The van der Waals surface area contributed by atoms with Gasteiger partial charge >= 0.3 is 5.69 Å². The molecule has 18 heavy (non-hydrogen) atoms. The number of nitro groups is 1. The van der Waals surface area contributed by atoms with Crippen molar-refractivity contribution < 1.29 is 9.45 Å². The first-order valence-corrected chi connectivity index (χ1v) is 6.22. The van der Waals surface area contributed by atoms with Crippen molar-refractivity contribution in [2.75, 3.05) is 0 Å². The number of nitrogens with zero attached hydrogens (tertiary/aromatic N) is 3. The lowest BCUT2D eigenvalue weighted by Gasteiger charge is -2.01. The van der Waals surface area contributed by atoms with Gasteiger partial charge in [-0.15, -0.1) is 0 Å². The van der Waals surface area contributed by atoms with Crippen LogP contribution in [-0.2, 0) is 5.75 Å². The minimum atomic E-state index is -0.428. The molecule has 0 fully saturated rings. The third kappa shape index (κ3) is 2.51. The fourth-order valence-corrected chi connectivity index (χ4v) is 2.60. The molecule has 0 saturated carbocycles. The van der Waals surface area contributed by atoms with Gasteiger partial charge in [0.1, 0.15) is 5.76 Å². The van der Waals surface area contributed by atoms with Crippen molar-refractivity contribution in [3.63, 3.8) is 0 Å². The zero-order valence-electron chi connectivity index (χ0n) is 9.91. The Balaban J connectivity index is 2.18. The molecule has 0 aliphatic heterocycles. The third-order valence-electron chi connectivity index (χ3n) is 2.48. The molecule has 0 amide bonds. The van der Waals surface area contributed by atoms with Gasteiger partial charge in [0.2, 0.25) is 0 Å². The Labute approximate surface area is 108 Å². The van der Waals surface area contributed by atoms with E-state index in [1.54, 1.807) is 12.3 Å². The Morgan fingerprint density at radius 3 is 2.89 bits per heavy atom. The van der Waals surface area contributed by atoms with Crippen LogP contribution in [0.2, 0.25) is 0 Å². The lowest BCUT2D eigenvalue weighted by Crippen LogP contribution is -1.93. The number of hydrogen-bond donors (Lipinski definition) is 0. The molecular formula is C11H11N3O3S. The number of hydrogen-bond acceptors (Lipinski definition) is 6. The van der Waals surface area contributed by atoms with Crippen molar-refractivity contribution in [3.8, 4) is 0 Å². The monoisotopic (exact) mass is 265 g/mol. The van der Waals surface area contributed by atoms with Crippen molar-refractivity contribution in [1.29, 1.82) is 0 Å². The summed E-state index contributed by atoms with van der Waals surface area (Å²) in [4.78, 5) is 14.4. The van der Waals surface area contributed by atoms with E-state index in [0.717, 1.165) is 17.0 Å². The van der Waals surface area contributed by atoms with Crippen LogP contribution in [0.15, 0.2) is 27.9 Å². The van der Waals surface area contributed by atoms with E-state index in [1.807, 2.05) is 13.8 Å². The van der Waals surface area contributed by atoms with Crippen molar-refractivity contribution in [2.24, 2.45) is 0 Å². The van der Waals surface area contributed by atoms with Crippen LogP contribution in [0.25, 0.3) is 0 Å². The molecule has 0 N–H and O–H groups in total. The topological polar surface area (TPSA) is 82.1 Å². The molecule has 2 aromatic rings. The molecule has 0 aromatic carbocycles. The second-order valence-corrected chi connectivity index (χ2v) is 4.64. The second kappa shape index (κ2) is 5.18. The highest BCUT2D eigenvalue weighted by Crippen LogP contribution is 2.30. The average molecular weight is 265 g/mol. The lowest BCUT2D eigenvalue weighted by molar-refractivity contribution is -0.388. The Kier molecular flexibility index (Phi) is 3.61. The third-order valence-corrected chi connectivity index (χ3v) is 3.50. The molecular weight excluding hydrogens is 254 g/mol. The molecule has 2 aromatic heterocycles. The van der Waals surface area contributed by atoms with E-state index in [4.69, 9.17) is 4.52 Å². The average Bonchev–Trinajstić information content (AvgIpc) is 2.67. The fourth-order valence-electron chi connectivity index (χ4n) is 1.48. The van der Waals surface area contributed by atoms with Gasteiger partial charge in [-0.1, -0.05) is 16.9 Å². The predicted molar refractivity (Wildman–Crippen MR) is 66.4 cm³/mol. The van der Waals surface area contributed by atoms with E-state index in [9.17, 15) is 10.1 Å². The predicted octanol–water partition coefficient (Wildman–Crippen LogP) is 2.89. The highest BCUT2D eigenvalue weighted by atomic mass is 32.2. The maximum absolute atomic E-state index is 10.8. The molecule has 6 nitrogen and oxygen atoms in total. The van der Waals surface area contributed by atoms with Gasteiger partial charge in [-0.2, -0.15) is 0 Å². The summed E-state index contributed by atoms with van der Waals surface area (Å²) in [5.41, 5.74) is 1.78. The molecule has 7 heteroatoms. The summed E-state index contributed by atoms with van der Waals surface area (Å²) in [7, 11) is 0. The molecule has 0 spiro atoms. The molecule has 0 radical (unpaired) electrons. The maximum Gasteiger partial charge on any atom is 0.301 e. The highest BCUT2D eigenvalue weighted by Gasteiger charge is 2.16. The van der Waals surface area contributed by atoms with Gasteiger partial charge in [-0.3, -0.25) is 10.1 Å². The van der Waals surface area contributed by atoms with Gasteiger partial charge in [-0.05, 0) is 19.9 Å². The van der Waals surface area contributed by atoms with Crippen LogP contribution in [0.4, 0.5) is 5.69 Å². The van der Waals surface area contributed by atoms with E-state index in [1.165, 1.54) is 17.8 Å². The van der Waals surface area contributed by atoms with Crippen LogP contribution in [-0.4, -0.2) is 15.1 Å². The number of rotatable bonds is 4. The van der Waals surface area contributed by atoms with Crippen molar-refractivity contribution >= 4 is 17.4 Å². The quantitative estimate of drug-likeness (QED) is 0.480. The van der Waals surface area contributed by atoms with Crippen molar-refractivity contribution in [2.45, 2.75) is 24.6 Å². The normalized spacial score (nSPS) is 10.6. The zero-order chi connectivity index (χ0) is 13.1. The van der Waals surface area contributed by atoms with E-state index >= 15 is 0 Å². The summed E-state index contributed by atoms with van der Waals surface area (Å²) in [6, 6.07) is 3.00. The molecule has 0 atom stereocenters. The fraction of sp³-hybridized carbons (Fsp3) is 0.273. The summed E-state index contributed by atoms with van der Waals surface area (Å²) in [5, 5.41) is 15.1. The van der Waals surface area contributed by atoms with Crippen LogP contribution in [0.3, 0.4) is 0 Å². The first kappa shape index (κ1) is 12.6. The zero-order valence-corrected chi connectivity index (χ0v) is 10.7. The molecule has 0 aliphatic rings. The second-order valence-electron chi connectivity index (χ2n) is 3.68. The number of thioether (sulfide) groups is 1. The highest BCUT2D eigenvalue weighted by molar-refractivity contribution is 7.98. The van der Waals surface area contributed by atoms with E-state index in [2.05, 4.69) is 10.1 Å². The molecule has 94 valence electrons. The van der Waals surface area contributed by atoms with Crippen LogP contribution in [0, 0.1) is 24.0 Å². The van der Waals surface area contributed by atoms with Gasteiger partial charge in [0.25, 0.3) is 0 Å². The van der Waals surface area contributed by atoms with Crippen LogP contribution >= 0.6 is 11.8 Å². The summed E-state index contributed by atoms with van der Waals surface area (Å²) in [6.45, 7) is 3.67. The standard InChI is InChI=1S/C11H11N3O3S/c1-7-9(8(2)17-13-7)6-18-11-10(14(15)16)4-3-5-12-11/h3-5H,6H2,1-2H3. The Hall–Kier alpha value is -1.89. The molecule has 0 aliphatic carbocycles. The molecule has 0 unspecified atom stereocenters. The minimum Gasteiger partial charge on any atom is -0.361 e. The van der Waals surface area contributed by atoms with Crippen molar-refractivity contribution in [1.82, 2.24) is 10.1 Å². The van der Waals surface area contributed by atoms with E-state index in [0.29, 0.717) is 10.8 Å². The van der Waals surface area contributed by atoms with Crippen LogP contribution in [0.5, 0.6) is 0 Å². The number of pyridine rings is 1. The summed E-state index contributed by atoms with van der Waals surface area (Å²) in [5.74, 6) is 1.29. The molecule has 0 bridgehead atoms. The number of aromatic nitrogens is 2. The molecule has 2 rings (SSSR count). The van der Waals surface area contributed by atoms with Gasteiger partial charge < -0.3 is 4.52 Å². The molecule has 2 heterocycles. The maximum atomic E-state index is 10.8. The summed E-state index contributed by atoms with van der Waals surface area (Å²) >= 11 is 1.31. The van der Waals surface area contributed by atoms with Gasteiger partial charge in [0, 0.05) is 23.6 Å². The van der Waals surface area contributed by atoms with Gasteiger partial charge in [0.15, 0.2) is 5.03 Å². The minimum absolute atomic E-state index is 0.0225. The largest absolute Gasteiger partial charge is 0.361 e. The lowest BCUT2D eigenvalue weighted by atomic mass is 10.2. The van der Waals surface area contributed by atoms with Gasteiger partial charge in [-0.25, -0.2) is 4.98 Å². The smallest absolute Gasteiger partial charge is 0.301 e. The van der Waals surface area contributed by atoms with Crippen molar-refractivity contribution in [3.05, 3.63) is 45.5 Å². The van der Waals surface area contributed by atoms with E-state index < -0.39 is 4.92 Å². The Bertz CT molecular complexity index is 563. The molecule has 0 saturated heterocycles. The van der Waals surface area contributed by atoms with Crippen LogP contribution < -0.4 is 0 Å².